The molecular weight excluding hydrogens is 152 g/mol. The van der Waals surface area contributed by atoms with E-state index in [0.717, 1.165) is 0 Å². The van der Waals surface area contributed by atoms with E-state index in [0.29, 0.717) is 4.90 Å². The van der Waals surface area contributed by atoms with Gasteiger partial charge >= 0.3 is 0 Å². The summed E-state index contributed by atoms with van der Waals surface area (Å²) < 4.78 is 10.9. The van der Waals surface area contributed by atoms with Gasteiger partial charge in [0.1, 0.15) is 10.6 Å². The Hall–Kier alpha value is -1.03. The number of phenolic OH excluding ortho intramolecular Hbond substituents is 2. The van der Waals surface area contributed by atoms with Gasteiger partial charge in [0.15, 0.2) is 5.75 Å². The van der Waals surface area contributed by atoms with E-state index in [2.05, 4.69) is 0 Å². The fraction of sp³-hybridized carbons (Fsp3) is 0. The lowest BCUT2D eigenvalue weighted by Crippen LogP contribution is -2.05. The lowest BCUT2D eigenvalue weighted by Gasteiger charge is -2.17. The van der Waals surface area contributed by atoms with E-state index >= 15 is 0 Å². The molecular formula is C6H4O3S. The molecule has 2 aliphatic rings. The molecule has 2 N–H and O–H groups in total. The highest BCUT2D eigenvalue weighted by Gasteiger charge is 2.31. The van der Waals surface area contributed by atoms with E-state index in [4.69, 9.17) is 10.2 Å². The van der Waals surface area contributed by atoms with Crippen LogP contribution in [0.25, 0.3) is 0 Å². The van der Waals surface area contributed by atoms with Crippen molar-refractivity contribution in [1.82, 2.24) is 0 Å². The molecule has 0 saturated heterocycles. The van der Waals surface area contributed by atoms with Crippen LogP contribution in [0.2, 0.25) is 0 Å². The molecule has 1 aromatic carbocycles. The standard InChI is InChI=1S/C6H4O3S/c7-3-1-2-4-5(8)6(3)10(4)9/h1-2,7-8H. The second-order valence-corrected chi connectivity index (χ2v) is 3.41. The Bertz CT molecular complexity index is 325. The molecule has 1 aromatic rings. The second-order valence-electron chi connectivity index (χ2n) is 2.03. The van der Waals surface area contributed by atoms with Crippen molar-refractivity contribution in [1.29, 1.82) is 0 Å². The number of hydrogen-bond acceptors (Lipinski definition) is 3. The molecule has 2 heterocycles. The van der Waals surface area contributed by atoms with Crippen LogP contribution in [0.3, 0.4) is 0 Å². The smallest absolute Gasteiger partial charge is 0.152 e. The zero-order valence-corrected chi connectivity index (χ0v) is 5.68. The van der Waals surface area contributed by atoms with Gasteiger partial charge in [-0.25, -0.2) is 4.21 Å². The molecule has 10 heavy (non-hydrogen) atoms. The van der Waals surface area contributed by atoms with Crippen molar-refractivity contribution in [2.75, 3.05) is 0 Å². The third kappa shape index (κ3) is 0.432. The number of rotatable bonds is 0. The average molecular weight is 156 g/mol. The summed E-state index contributed by atoms with van der Waals surface area (Å²) >= 11 is 0. The predicted molar refractivity (Wildman–Crippen MR) is 34.4 cm³/mol. The lowest BCUT2D eigenvalue weighted by atomic mass is 10.3. The topological polar surface area (TPSA) is 57.5 Å². The van der Waals surface area contributed by atoms with Crippen molar-refractivity contribution in [3.8, 4) is 11.5 Å². The minimum atomic E-state index is -1.28. The zero-order chi connectivity index (χ0) is 7.30. The fourth-order valence-electron chi connectivity index (χ4n) is 0.938. The van der Waals surface area contributed by atoms with E-state index < -0.39 is 10.8 Å². The van der Waals surface area contributed by atoms with E-state index in [1.54, 1.807) is 0 Å². The van der Waals surface area contributed by atoms with Gasteiger partial charge in [-0.1, -0.05) is 0 Å². The molecule has 0 saturated carbocycles. The highest BCUT2D eigenvalue weighted by molar-refractivity contribution is 7.86. The van der Waals surface area contributed by atoms with Gasteiger partial charge in [-0.05, 0) is 12.1 Å². The van der Waals surface area contributed by atoms with Gasteiger partial charge < -0.3 is 10.2 Å². The van der Waals surface area contributed by atoms with Crippen molar-refractivity contribution in [3.05, 3.63) is 12.1 Å². The molecule has 3 nitrogen and oxygen atoms in total. The normalized spacial score (nSPS) is 20.2. The molecule has 0 aliphatic carbocycles. The third-order valence-electron chi connectivity index (χ3n) is 1.46. The molecule has 0 amide bonds. The summed E-state index contributed by atoms with van der Waals surface area (Å²) in [5, 5.41) is 17.9. The van der Waals surface area contributed by atoms with Crippen LogP contribution in [-0.2, 0) is 10.8 Å². The maximum atomic E-state index is 10.9. The summed E-state index contributed by atoms with van der Waals surface area (Å²) in [6, 6.07) is 2.87. The number of benzene rings is 1. The Balaban J connectivity index is 2.81. The highest BCUT2D eigenvalue weighted by Crippen LogP contribution is 2.46. The van der Waals surface area contributed by atoms with Gasteiger partial charge in [-0.3, -0.25) is 0 Å². The largest absolute Gasteiger partial charge is 0.507 e. The Morgan fingerprint density at radius 2 is 2.00 bits per heavy atom. The molecule has 1 unspecified atom stereocenters. The molecule has 1 atom stereocenters. The Morgan fingerprint density at radius 3 is 2.30 bits per heavy atom. The predicted octanol–water partition coefficient (Wildman–Crippen LogP) is 0.578. The first-order valence-electron chi connectivity index (χ1n) is 2.68. The van der Waals surface area contributed by atoms with E-state index in [1.165, 1.54) is 12.1 Å². The van der Waals surface area contributed by atoms with Crippen LogP contribution < -0.4 is 0 Å². The lowest BCUT2D eigenvalue weighted by molar-refractivity contribution is 0.407. The molecule has 52 valence electrons. The van der Waals surface area contributed by atoms with Crippen molar-refractivity contribution in [2.45, 2.75) is 9.79 Å². The third-order valence-corrected chi connectivity index (χ3v) is 2.96. The number of hydrogen-bond donors (Lipinski definition) is 2. The molecule has 3 rings (SSSR count). The van der Waals surface area contributed by atoms with Crippen molar-refractivity contribution >= 4 is 10.8 Å². The fourth-order valence-corrected chi connectivity index (χ4v) is 2.02. The summed E-state index contributed by atoms with van der Waals surface area (Å²) in [7, 11) is -1.28. The van der Waals surface area contributed by atoms with E-state index in [9.17, 15) is 4.21 Å². The Labute approximate surface area is 59.4 Å². The van der Waals surface area contributed by atoms with Gasteiger partial charge in [0.25, 0.3) is 0 Å². The van der Waals surface area contributed by atoms with Crippen LogP contribution >= 0.6 is 0 Å². The quantitative estimate of drug-likeness (QED) is 0.586. The number of phenols is 2. The van der Waals surface area contributed by atoms with Crippen LogP contribution in [0.5, 0.6) is 11.5 Å². The average Bonchev–Trinajstić information content (AvgIpc) is 1.88. The maximum absolute atomic E-state index is 10.9. The van der Waals surface area contributed by atoms with Gasteiger partial charge in [-0.15, -0.1) is 0 Å². The molecule has 2 bridgehead atoms. The minimum absolute atomic E-state index is 0.0293. The van der Waals surface area contributed by atoms with Crippen LogP contribution in [0.4, 0.5) is 0 Å². The second kappa shape index (κ2) is 1.52. The van der Waals surface area contributed by atoms with Crippen LogP contribution in [0, 0.1) is 0 Å². The number of aromatic hydroxyl groups is 2. The molecule has 0 spiro atoms. The summed E-state index contributed by atoms with van der Waals surface area (Å²) in [5.74, 6) is -0.121. The molecule has 2 aliphatic heterocycles. The van der Waals surface area contributed by atoms with E-state index in [-0.39, 0.29) is 16.4 Å². The van der Waals surface area contributed by atoms with Gasteiger partial charge in [0.2, 0.25) is 0 Å². The summed E-state index contributed by atoms with van der Waals surface area (Å²) in [6.07, 6.45) is 0. The Morgan fingerprint density at radius 1 is 1.30 bits per heavy atom. The van der Waals surface area contributed by atoms with Crippen molar-refractivity contribution < 1.29 is 14.4 Å². The van der Waals surface area contributed by atoms with Gasteiger partial charge in [0, 0.05) is 0 Å². The zero-order valence-electron chi connectivity index (χ0n) is 4.87. The first kappa shape index (κ1) is 5.73. The summed E-state index contributed by atoms with van der Waals surface area (Å²) in [4.78, 5) is 0.574. The summed E-state index contributed by atoms with van der Waals surface area (Å²) in [5.41, 5.74) is 0. The van der Waals surface area contributed by atoms with Crippen molar-refractivity contribution in [3.63, 3.8) is 0 Å². The first-order valence-corrected chi connectivity index (χ1v) is 3.83. The molecule has 0 fully saturated rings. The molecule has 4 heteroatoms. The highest BCUT2D eigenvalue weighted by atomic mass is 32.2. The van der Waals surface area contributed by atoms with Crippen LogP contribution in [-0.4, -0.2) is 14.4 Å². The van der Waals surface area contributed by atoms with Crippen LogP contribution in [0.1, 0.15) is 0 Å². The minimum Gasteiger partial charge on any atom is -0.507 e. The summed E-state index contributed by atoms with van der Waals surface area (Å²) in [6.45, 7) is 0. The SMILES string of the molecule is O=S1c2ccc(O)c1c2O. The maximum Gasteiger partial charge on any atom is 0.152 e. The van der Waals surface area contributed by atoms with E-state index in [1.807, 2.05) is 0 Å². The molecule has 0 aromatic heterocycles. The van der Waals surface area contributed by atoms with Crippen molar-refractivity contribution in [2.24, 2.45) is 0 Å². The first-order chi connectivity index (χ1) is 4.72. The monoisotopic (exact) mass is 156 g/mol. The molecule has 0 radical (unpaired) electrons. The van der Waals surface area contributed by atoms with Crippen LogP contribution in [0.15, 0.2) is 21.9 Å². The Kier molecular flexibility index (Phi) is 0.870. The van der Waals surface area contributed by atoms with Gasteiger partial charge in [-0.2, -0.15) is 0 Å². The number of fused-ring (bicyclic) bond motifs is 2. The van der Waals surface area contributed by atoms with Gasteiger partial charge in [0.05, 0.1) is 15.7 Å².